The van der Waals surface area contributed by atoms with Gasteiger partial charge in [-0.2, -0.15) is 0 Å². The maximum atomic E-state index is 12.4. The molecule has 0 saturated heterocycles. The standard InChI is InChI=1S/C18H24ClN3O3/c19-14-8-6-13(7-9-14)17(24)22-15(10-16(20)23)18(25)21-11-12-4-2-1-3-5-12/h6-9,12,15H,1-5,10-11H2,(H2,20,23)(H,21,25)(H,22,24). The molecular weight excluding hydrogens is 342 g/mol. The number of rotatable bonds is 7. The topological polar surface area (TPSA) is 101 Å². The molecule has 1 aliphatic carbocycles. The Kier molecular flexibility index (Phi) is 7.25. The highest BCUT2D eigenvalue weighted by molar-refractivity contribution is 6.30. The molecule has 4 N–H and O–H groups in total. The van der Waals surface area contributed by atoms with Gasteiger partial charge in [0.1, 0.15) is 6.04 Å². The maximum Gasteiger partial charge on any atom is 0.251 e. The van der Waals surface area contributed by atoms with E-state index in [-0.39, 0.29) is 12.3 Å². The molecule has 136 valence electrons. The van der Waals surface area contributed by atoms with Gasteiger partial charge >= 0.3 is 0 Å². The normalized spacial score (nSPS) is 16.0. The Bertz CT molecular complexity index is 612. The number of amides is 3. The summed E-state index contributed by atoms with van der Waals surface area (Å²) in [6.45, 7) is 0.560. The van der Waals surface area contributed by atoms with Gasteiger partial charge in [-0.05, 0) is 43.0 Å². The zero-order valence-electron chi connectivity index (χ0n) is 14.1. The number of carbonyl (C=O) groups is 3. The minimum Gasteiger partial charge on any atom is -0.370 e. The molecule has 6 nitrogen and oxygen atoms in total. The van der Waals surface area contributed by atoms with Crippen molar-refractivity contribution in [1.82, 2.24) is 10.6 Å². The fourth-order valence-electron chi connectivity index (χ4n) is 3.01. The van der Waals surface area contributed by atoms with Crippen molar-refractivity contribution in [2.75, 3.05) is 6.54 Å². The highest BCUT2D eigenvalue weighted by Gasteiger charge is 2.24. The number of primary amides is 1. The van der Waals surface area contributed by atoms with E-state index in [1.807, 2.05) is 0 Å². The minimum absolute atomic E-state index is 0.240. The van der Waals surface area contributed by atoms with Crippen LogP contribution in [0.25, 0.3) is 0 Å². The van der Waals surface area contributed by atoms with E-state index in [1.165, 1.54) is 19.3 Å². The summed E-state index contributed by atoms with van der Waals surface area (Å²) in [5.74, 6) is -1.02. The first-order chi connectivity index (χ1) is 12.0. The van der Waals surface area contributed by atoms with E-state index < -0.39 is 17.9 Å². The van der Waals surface area contributed by atoms with E-state index in [9.17, 15) is 14.4 Å². The summed E-state index contributed by atoms with van der Waals surface area (Å²) in [5.41, 5.74) is 5.58. The van der Waals surface area contributed by atoms with Crippen LogP contribution < -0.4 is 16.4 Å². The van der Waals surface area contributed by atoms with Crippen molar-refractivity contribution in [3.05, 3.63) is 34.9 Å². The maximum absolute atomic E-state index is 12.4. The second-order valence-electron chi connectivity index (χ2n) is 6.45. The number of hydrogen-bond acceptors (Lipinski definition) is 3. The Morgan fingerprint density at radius 2 is 1.76 bits per heavy atom. The lowest BCUT2D eigenvalue weighted by molar-refractivity contribution is -0.127. The number of hydrogen-bond donors (Lipinski definition) is 3. The average molecular weight is 366 g/mol. The summed E-state index contributed by atoms with van der Waals surface area (Å²) in [4.78, 5) is 35.9. The molecule has 0 aromatic heterocycles. The zero-order chi connectivity index (χ0) is 18.2. The highest BCUT2D eigenvalue weighted by atomic mass is 35.5. The summed E-state index contributed by atoms with van der Waals surface area (Å²) >= 11 is 5.80. The molecule has 1 aliphatic rings. The molecule has 0 bridgehead atoms. The van der Waals surface area contributed by atoms with Gasteiger partial charge in [-0.15, -0.1) is 0 Å². The van der Waals surface area contributed by atoms with Crippen molar-refractivity contribution in [2.45, 2.75) is 44.6 Å². The van der Waals surface area contributed by atoms with Gasteiger partial charge in [0, 0.05) is 17.1 Å². The van der Waals surface area contributed by atoms with Gasteiger partial charge in [0.2, 0.25) is 11.8 Å². The Morgan fingerprint density at radius 3 is 2.36 bits per heavy atom. The van der Waals surface area contributed by atoms with Crippen molar-refractivity contribution in [1.29, 1.82) is 0 Å². The van der Waals surface area contributed by atoms with E-state index in [2.05, 4.69) is 10.6 Å². The quantitative estimate of drug-likeness (QED) is 0.688. The smallest absolute Gasteiger partial charge is 0.251 e. The summed E-state index contributed by atoms with van der Waals surface area (Å²) in [6.07, 6.45) is 5.55. The average Bonchev–Trinajstić information content (AvgIpc) is 2.60. The van der Waals surface area contributed by atoms with E-state index >= 15 is 0 Å². The third-order valence-corrected chi connectivity index (χ3v) is 4.68. The lowest BCUT2D eigenvalue weighted by Gasteiger charge is -2.23. The fourth-order valence-corrected chi connectivity index (χ4v) is 3.14. The Morgan fingerprint density at radius 1 is 1.12 bits per heavy atom. The van der Waals surface area contributed by atoms with Crippen LogP contribution in [0.2, 0.25) is 5.02 Å². The first kappa shape index (κ1) is 19.2. The fraction of sp³-hybridized carbons (Fsp3) is 0.500. The number of halogens is 1. The van der Waals surface area contributed by atoms with Crippen LogP contribution in [0.5, 0.6) is 0 Å². The van der Waals surface area contributed by atoms with Gasteiger partial charge in [-0.3, -0.25) is 14.4 Å². The summed E-state index contributed by atoms with van der Waals surface area (Å²) in [7, 11) is 0. The summed E-state index contributed by atoms with van der Waals surface area (Å²) in [5, 5.41) is 5.93. The predicted octanol–water partition coefficient (Wildman–Crippen LogP) is 2.01. The van der Waals surface area contributed by atoms with Crippen molar-refractivity contribution in [3.63, 3.8) is 0 Å². The van der Waals surface area contributed by atoms with Crippen LogP contribution in [0.15, 0.2) is 24.3 Å². The van der Waals surface area contributed by atoms with Gasteiger partial charge in [-0.1, -0.05) is 30.9 Å². The molecule has 0 heterocycles. The molecule has 25 heavy (non-hydrogen) atoms. The summed E-state index contributed by atoms with van der Waals surface area (Å²) < 4.78 is 0. The lowest BCUT2D eigenvalue weighted by atomic mass is 9.89. The van der Waals surface area contributed by atoms with Crippen LogP contribution in [0, 0.1) is 5.92 Å². The molecule has 0 aliphatic heterocycles. The van der Waals surface area contributed by atoms with Gasteiger partial charge in [0.25, 0.3) is 5.91 Å². The number of nitrogens with two attached hydrogens (primary N) is 1. The molecule has 1 aromatic rings. The Hall–Kier alpha value is -2.08. The largest absolute Gasteiger partial charge is 0.370 e. The molecule has 2 rings (SSSR count). The third-order valence-electron chi connectivity index (χ3n) is 4.42. The van der Waals surface area contributed by atoms with Gasteiger partial charge in [0.15, 0.2) is 0 Å². The molecule has 1 saturated carbocycles. The van der Waals surface area contributed by atoms with Crippen LogP contribution in [0.3, 0.4) is 0 Å². The molecular formula is C18H24ClN3O3. The van der Waals surface area contributed by atoms with E-state index in [0.29, 0.717) is 23.0 Å². The van der Waals surface area contributed by atoms with E-state index in [0.717, 1.165) is 12.8 Å². The Labute approximate surface area is 152 Å². The molecule has 1 unspecified atom stereocenters. The lowest BCUT2D eigenvalue weighted by Crippen LogP contribution is -2.49. The second-order valence-corrected chi connectivity index (χ2v) is 6.89. The van der Waals surface area contributed by atoms with Crippen molar-refractivity contribution < 1.29 is 14.4 Å². The zero-order valence-corrected chi connectivity index (χ0v) is 14.8. The van der Waals surface area contributed by atoms with Crippen molar-refractivity contribution >= 4 is 29.3 Å². The second kappa shape index (κ2) is 9.42. The number of benzene rings is 1. The third kappa shape index (κ3) is 6.38. The Balaban J connectivity index is 1.94. The summed E-state index contributed by atoms with van der Waals surface area (Å²) in [6, 6.07) is 5.30. The molecule has 3 amide bonds. The number of carbonyl (C=O) groups excluding carboxylic acids is 3. The molecule has 1 atom stereocenters. The van der Waals surface area contributed by atoms with Crippen LogP contribution >= 0.6 is 11.6 Å². The highest BCUT2D eigenvalue weighted by Crippen LogP contribution is 2.22. The molecule has 0 radical (unpaired) electrons. The number of nitrogens with one attached hydrogen (secondary N) is 2. The SMILES string of the molecule is NC(=O)CC(NC(=O)c1ccc(Cl)cc1)C(=O)NCC1CCCCC1. The molecule has 1 fully saturated rings. The van der Waals surface area contributed by atoms with Crippen LogP contribution in [-0.2, 0) is 9.59 Å². The first-order valence-electron chi connectivity index (χ1n) is 8.58. The molecule has 7 heteroatoms. The van der Waals surface area contributed by atoms with Gasteiger partial charge < -0.3 is 16.4 Å². The van der Waals surface area contributed by atoms with Crippen molar-refractivity contribution in [3.8, 4) is 0 Å². The minimum atomic E-state index is -0.982. The van der Waals surface area contributed by atoms with E-state index in [4.69, 9.17) is 17.3 Å². The van der Waals surface area contributed by atoms with Crippen LogP contribution in [-0.4, -0.2) is 30.3 Å². The monoisotopic (exact) mass is 365 g/mol. The first-order valence-corrected chi connectivity index (χ1v) is 8.96. The van der Waals surface area contributed by atoms with Crippen LogP contribution in [0.4, 0.5) is 0 Å². The van der Waals surface area contributed by atoms with Gasteiger partial charge in [0.05, 0.1) is 6.42 Å². The van der Waals surface area contributed by atoms with Crippen molar-refractivity contribution in [2.24, 2.45) is 11.7 Å². The molecule has 0 spiro atoms. The van der Waals surface area contributed by atoms with Gasteiger partial charge in [-0.25, -0.2) is 0 Å². The van der Waals surface area contributed by atoms with Crippen LogP contribution in [0.1, 0.15) is 48.9 Å². The predicted molar refractivity (Wildman–Crippen MR) is 96.1 cm³/mol. The molecule has 1 aromatic carbocycles. The van der Waals surface area contributed by atoms with E-state index in [1.54, 1.807) is 24.3 Å².